The van der Waals surface area contributed by atoms with E-state index in [1.54, 1.807) is 24.3 Å². The van der Waals surface area contributed by atoms with Crippen molar-refractivity contribution in [3.8, 4) is 16.6 Å². The molecule has 138 valence electrons. The molecule has 0 spiro atoms. The Hall–Kier alpha value is -3.41. The molecule has 0 saturated heterocycles. The Morgan fingerprint density at radius 3 is 2.82 bits per heavy atom. The Balaban J connectivity index is 1.73. The third-order valence-electron chi connectivity index (χ3n) is 3.75. The Kier molecular flexibility index (Phi) is 4.93. The third-order valence-corrected chi connectivity index (χ3v) is 5.63. The van der Waals surface area contributed by atoms with E-state index in [4.69, 9.17) is 8.83 Å². The minimum absolute atomic E-state index is 0.203. The summed E-state index contributed by atoms with van der Waals surface area (Å²) >= 11 is 2.73. The van der Waals surface area contributed by atoms with Gasteiger partial charge in [-0.3, -0.25) is 4.79 Å². The van der Waals surface area contributed by atoms with Gasteiger partial charge in [-0.15, -0.1) is 11.3 Å². The Bertz CT molecular complexity index is 1180. The highest BCUT2D eigenvalue weighted by Gasteiger charge is 2.20. The summed E-state index contributed by atoms with van der Waals surface area (Å²) in [6.45, 7) is 1.84. The van der Waals surface area contributed by atoms with Crippen LogP contribution in [0.25, 0.3) is 22.2 Å². The molecule has 0 aromatic carbocycles. The molecule has 4 aromatic heterocycles. The van der Waals surface area contributed by atoms with Crippen LogP contribution in [0.3, 0.4) is 0 Å². The zero-order valence-corrected chi connectivity index (χ0v) is 16.3. The van der Waals surface area contributed by atoms with Crippen molar-refractivity contribution in [2.24, 2.45) is 0 Å². The van der Waals surface area contributed by atoms with Crippen LogP contribution in [0.5, 0.6) is 0 Å². The predicted octanol–water partition coefficient (Wildman–Crippen LogP) is 5.68. The van der Waals surface area contributed by atoms with Crippen molar-refractivity contribution < 1.29 is 13.6 Å². The number of aryl methyl sites for hydroxylation is 1. The van der Waals surface area contributed by atoms with E-state index in [-0.39, 0.29) is 11.7 Å². The lowest BCUT2D eigenvalue weighted by molar-refractivity contribution is 0.0997. The van der Waals surface area contributed by atoms with Gasteiger partial charge in [0.25, 0.3) is 5.91 Å². The molecule has 1 amide bonds. The number of hydrogen-bond acceptors (Lipinski definition) is 7. The number of furan rings is 2. The fraction of sp³-hybridized carbons (Fsp3) is 0.0500. The number of nitrogens with one attached hydrogen (secondary N) is 1. The van der Waals surface area contributed by atoms with E-state index >= 15 is 0 Å². The van der Waals surface area contributed by atoms with Gasteiger partial charge in [-0.05, 0) is 42.6 Å². The van der Waals surface area contributed by atoms with Crippen LogP contribution in [-0.2, 0) is 0 Å². The monoisotopic (exact) mass is 407 g/mol. The molecule has 4 rings (SSSR count). The molecular weight excluding hydrogens is 394 g/mol. The standard InChI is InChI=1S/C20H13N3O3S2/c1-12-6-7-14(26-12)10-13(11-21)19-22-17(16-5-3-9-27-16)20(28-19)23-18(24)15-4-2-8-25-15/h2-10H,1H3,(H,23,24). The fourth-order valence-corrected chi connectivity index (χ4v) is 4.21. The molecule has 0 aliphatic heterocycles. The van der Waals surface area contributed by atoms with Crippen LogP contribution in [0.1, 0.15) is 27.1 Å². The van der Waals surface area contributed by atoms with Crippen LogP contribution in [0.15, 0.2) is 56.9 Å². The van der Waals surface area contributed by atoms with Crippen molar-refractivity contribution in [1.82, 2.24) is 4.98 Å². The first-order valence-corrected chi connectivity index (χ1v) is 9.92. The number of nitriles is 1. The summed E-state index contributed by atoms with van der Waals surface area (Å²) in [5, 5.41) is 15.4. The molecule has 1 N–H and O–H groups in total. The number of amides is 1. The Morgan fingerprint density at radius 2 is 2.18 bits per heavy atom. The average molecular weight is 407 g/mol. The Labute approximate surface area is 168 Å². The summed E-state index contributed by atoms with van der Waals surface area (Å²) < 4.78 is 10.7. The molecule has 4 heterocycles. The average Bonchev–Trinajstić information content (AvgIpc) is 3.46. The number of nitrogens with zero attached hydrogens (tertiary/aromatic N) is 2. The molecule has 8 heteroatoms. The van der Waals surface area contributed by atoms with Crippen LogP contribution >= 0.6 is 22.7 Å². The second-order valence-electron chi connectivity index (χ2n) is 5.72. The van der Waals surface area contributed by atoms with Gasteiger partial charge >= 0.3 is 0 Å². The molecular formula is C20H13N3O3S2. The lowest BCUT2D eigenvalue weighted by atomic mass is 10.2. The smallest absolute Gasteiger partial charge is 0.292 e. The third kappa shape index (κ3) is 3.67. The summed E-state index contributed by atoms with van der Waals surface area (Å²) in [5.74, 6) is 1.16. The van der Waals surface area contributed by atoms with Gasteiger partial charge in [0.1, 0.15) is 33.3 Å². The number of aromatic nitrogens is 1. The SMILES string of the molecule is Cc1ccc(C=C(C#N)c2nc(-c3cccs3)c(NC(=O)c3ccco3)s2)o1. The van der Waals surface area contributed by atoms with Gasteiger partial charge in [0.15, 0.2) is 5.76 Å². The second kappa shape index (κ2) is 7.68. The largest absolute Gasteiger partial charge is 0.462 e. The number of anilines is 1. The summed E-state index contributed by atoms with van der Waals surface area (Å²) in [6.07, 6.45) is 3.08. The minimum atomic E-state index is -0.373. The van der Waals surface area contributed by atoms with Crippen molar-refractivity contribution in [3.63, 3.8) is 0 Å². The Morgan fingerprint density at radius 1 is 1.29 bits per heavy atom. The predicted molar refractivity (Wildman–Crippen MR) is 109 cm³/mol. The van der Waals surface area contributed by atoms with E-state index in [2.05, 4.69) is 16.4 Å². The lowest BCUT2D eigenvalue weighted by Gasteiger charge is -2.01. The fourth-order valence-electron chi connectivity index (χ4n) is 2.49. The molecule has 0 bridgehead atoms. The number of thiazole rings is 1. The van der Waals surface area contributed by atoms with E-state index < -0.39 is 0 Å². The number of carbonyl (C=O) groups is 1. The summed E-state index contributed by atoms with van der Waals surface area (Å²) in [7, 11) is 0. The molecule has 28 heavy (non-hydrogen) atoms. The maximum atomic E-state index is 12.4. The van der Waals surface area contributed by atoms with Crippen LogP contribution in [0.2, 0.25) is 0 Å². The quantitative estimate of drug-likeness (QED) is 0.430. The van der Waals surface area contributed by atoms with Crippen LogP contribution in [-0.4, -0.2) is 10.9 Å². The highest BCUT2D eigenvalue weighted by molar-refractivity contribution is 7.18. The number of thiophene rings is 1. The zero-order chi connectivity index (χ0) is 19.5. The maximum absolute atomic E-state index is 12.4. The van der Waals surface area contributed by atoms with Gasteiger partial charge in [-0.25, -0.2) is 4.98 Å². The number of allylic oxidation sites excluding steroid dienone is 1. The summed E-state index contributed by atoms with van der Waals surface area (Å²) in [6, 6.07) is 12.8. The topological polar surface area (TPSA) is 92.1 Å². The van der Waals surface area contributed by atoms with Gasteiger partial charge in [0.05, 0.1) is 16.7 Å². The number of carbonyl (C=O) groups excluding carboxylic acids is 1. The van der Waals surface area contributed by atoms with Gasteiger partial charge < -0.3 is 14.2 Å². The normalized spacial score (nSPS) is 11.4. The van der Waals surface area contributed by atoms with E-state index in [9.17, 15) is 10.1 Å². The zero-order valence-electron chi connectivity index (χ0n) is 14.6. The van der Waals surface area contributed by atoms with E-state index in [0.717, 1.165) is 10.6 Å². The number of hydrogen-bond donors (Lipinski definition) is 1. The second-order valence-corrected chi connectivity index (χ2v) is 7.67. The summed E-state index contributed by atoms with van der Waals surface area (Å²) in [4.78, 5) is 17.9. The maximum Gasteiger partial charge on any atom is 0.292 e. The van der Waals surface area contributed by atoms with Gasteiger partial charge in [-0.1, -0.05) is 17.4 Å². The minimum Gasteiger partial charge on any atom is -0.462 e. The molecule has 0 aliphatic carbocycles. The summed E-state index contributed by atoms with van der Waals surface area (Å²) in [5.41, 5.74) is 0.974. The first-order chi connectivity index (χ1) is 13.6. The molecule has 0 aliphatic rings. The van der Waals surface area contributed by atoms with Crippen molar-refractivity contribution in [3.05, 3.63) is 70.3 Å². The van der Waals surface area contributed by atoms with Gasteiger partial charge in [0.2, 0.25) is 0 Å². The van der Waals surface area contributed by atoms with Crippen LogP contribution < -0.4 is 5.32 Å². The molecule has 0 atom stereocenters. The van der Waals surface area contributed by atoms with Crippen LogP contribution in [0.4, 0.5) is 5.00 Å². The van der Waals surface area contributed by atoms with E-state index in [0.29, 0.717) is 27.0 Å². The molecule has 0 radical (unpaired) electrons. The first-order valence-electron chi connectivity index (χ1n) is 8.22. The lowest BCUT2D eigenvalue weighted by Crippen LogP contribution is -2.10. The highest BCUT2D eigenvalue weighted by atomic mass is 32.1. The molecule has 0 unspecified atom stereocenters. The number of rotatable bonds is 5. The first kappa shape index (κ1) is 18.0. The van der Waals surface area contributed by atoms with Gasteiger partial charge in [0, 0.05) is 6.08 Å². The highest BCUT2D eigenvalue weighted by Crippen LogP contribution is 2.38. The van der Waals surface area contributed by atoms with E-state index in [1.807, 2.05) is 30.5 Å². The van der Waals surface area contributed by atoms with E-state index in [1.165, 1.54) is 28.9 Å². The van der Waals surface area contributed by atoms with Crippen molar-refractivity contribution in [2.45, 2.75) is 6.92 Å². The molecule has 0 saturated carbocycles. The van der Waals surface area contributed by atoms with Crippen molar-refractivity contribution in [2.75, 3.05) is 5.32 Å². The molecule has 4 aromatic rings. The van der Waals surface area contributed by atoms with Crippen molar-refractivity contribution >= 4 is 45.2 Å². The van der Waals surface area contributed by atoms with Gasteiger partial charge in [-0.2, -0.15) is 5.26 Å². The molecule has 6 nitrogen and oxygen atoms in total. The van der Waals surface area contributed by atoms with Crippen LogP contribution in [0, 0.1) is 18.3 Å². The van der Waals surface area contributed by atoms with Crippen molar-refractivity contribution in [1.29, 1.82) is 5.26 Å². The molecule has 0 fully saturated rings.